The molecular formula is C22H16FN3O5S. The first-order chi connectivity index (χ1) is 15.5. The van der Waals surface area contributed by atoms with Gasteiger partial charge in [0.25, 0.3) is 0 Å². The fourth-order valence-electron chi connectivity index (χ4n) is 2.99. The standard InChI is InChI=1S/C22H16FN3O5S/c1-30-22(29)19-10-14(13-32-19)18(27)12-31-21(28)15-11-24-26(17-7-3-2-6-16(17)23)20(15)25-8-4-5-9-25/h2-11,13H,12H2,1H3. The van der Waals surface area contributed by atoms with Crippen molar-refractivity contribution in [3.63, 3.8) is 0 Å². The van der Waals surface area contributed by atoms with Gasteiger partial charge in [-0.2, -0.15) is 5.10 Å². The first-order valence-electron chi connectivity index (χ1n) is 9.33. The maximum absolute atomic E-state index is 14.4. The van der Waals surface area contributed by atoms with Crippen molar-refractivity contribution in [2.24, 2.45) is 0 Å². The second-order valence-electron chi connectivity index (χ2n) is 6.53. The van der Waals surface area contributed by atoms with Crippen molar-refractivity contribution in [1.29, 1.82) is 0 Å². The number of ether oxygens (including phenoxy) is 2. The second kappa shape index (κ2) is 8.98. The van der Waals surface area contributed by atoms with Crippen LogP contribution in [0.15, 0.2) is 66.4 Å². The second-order valence-corrected chi connectivity index (χ2v) is 7.44. The van der Waals surface area contributed by atoms with Crippen LogP contribution in [0.5, 0.6) is 0 Å². The molecule has 4 aromatic rings. The van der Waals surface area contributed by atoms with E-state index in [0.29, 0.717) is 0 Å². The Kier molecular flexibility index (Phi) is 5.95. The van der Waals surface area contributed by atoms with Gasteiger partial charge in [-0.15, -0.1) is 11.3 Å². The van der Waals surface area contributed by atoms with Crippen LogP contribution in [0, 0.1) is 5.82 Å². The predicted molar refractivity (Wildman–Crippen MR) is 113 cm³/mol. The molecule has 3 aromatic heterocycles. The van der Waals surface area contributed by atoms with E-state index in [1.54, 1.807) is 41.2 Å². The first-order valence-corrected chi connectivity index (χ1v) is 10.2. The van der Waals surface area contributed by atoms with Crippen molar-refractivity contribution in [2.45, 2.75) is 0 Å². The quantitative estimate of drug-likeness (QED) is 0.313. The Morgan fingerprint density at radius 2 is 1.84 bits per heavy atom. The minimum atomic E-state index is -0.798. The van der Waals surface area contributed by atoms with Gasteiger partial charge in [-0.1, -0.05) is 12.1 Å². The molecule has 0 aliphatic heterocycles. The van der Waals surface area contributed by atoms with Gasteiger partial charge in [-0.05, 0) is 30.3 Å². The molecule has 0 amide bonds. The Morgan fingerprint density at radius 1 is 1.09 bits per heavy atom. The van der Waals surface area contributed by atoms with Crippen LogP contribution >= 0.6 is 11.3 Å². The highest BCUT2D eigenvalue weighted by atomic mass is 32.1. The molecule has 0 aliphatic rings. The van der Waals surface area contributed by atoms with Crippen LogP contribution in [0.1, 0.15) is 30.4 Å². The third-order valence-corrected chi connectivity index (χ3v) is 5.45. The molecule has 10 heteroatoms. The van der Waals surface area contributed by atoms with E-state index < -0.39 is 30.1 Å². The van der Waals surface area contributed by atoms with Crippen LogP contribution in [0.3, 0.4) is 0 Å². The molecule has 0 bridgehead atoms. The predicted octanol–water partition coefficient (Wildman–Crippen LogP) is 3.69. The molecule has 8 nitrogen and oxygen atoms in total. The molecule has 0 spiro atoms. The van der Waals surface area contributed by atoms with Crippen LogP contribution in [-0.2, 0) is 9.47 Å². The lowest BCUT2D eigenvalue weighted by molar-refractivity contribution is 0.0474. The minimum Gasteiger partial charge on any atom is -0.465 e. The Bertz CT molecular complexity index is 1290. The number of methoxy groups -OCH3 is 1. The lowest BCUT2D eigenvalue weighted by Crippen LogP contribution is -2.16. The highest BCUT2D eigenvalue weighted by Gasteiger charge is 2.23. The molecule has 0 atom stereocenters. The molecule has 0 N–H and O–H groups in total. The summed E-state index contributed by atoms with van der Waals surface area (Å²) >= 11 is 1.06. The minimum absolute atomic E-state index is 0.0535. The van der Waals surface area contributed by atoms with E-state index >= 15 is 0 Å². The Balaban J connectivity index is 1.58. The summed E-state index contributed by atoms with van der Waals surface area (Å²) in [6, 6.07) is 10.9. The molecule has 1 aromatic carbocycles. The summed E-state index contributed by atoms with van der Waals surface area (Å²) in [5.41, 5.74) is 0.439. The molecule has 0 radical (unpaired) electrons. The average Bonchev–Trinajstić information content (AvgIpc) is 3.56. The van der Waals surface area contributed by atoms with E-state index in [9.17, 15) is 18.8 Å². The van der Waals surface area contributed by atoms with Crippen molar-refractivity contribution in [1.82, 2.24) is 14.3 Å². The molecule has 162 valence electrons. The van der Waals surface area contributed by atoms with Gasteiger partial charge in [-0.3, -0.25) is 4.79 Å². The fourth-order valence-corrected chi connectivity index (χ4v) is 3.82. The summed E-state index contributed by atoms with van der Waals surface area (Å²) in [7, 11) is 1.25. The molecule has 32 heavy (non-hydrogen) atoms. The number of benzene rings is 1. The van der Waals surface area contributed by atoms with Crippen LogP contribution in [-0.4, -0.2) is 45.8 Å². The van der Waals surface area contributed by atoms with Gasteiger partial charge in [0, 0.05) is 23.3 Å². The van der Waals surface area contributed by atoms with Gasteiger partial charge < -0.3 is 14.0 Å². The summed E-state index contributed by atoms with van der Waals surface area (Å²) in [5, 5.41) is 5.65. The molecule has 0 fully saturated rings. The molecule has 4 rings (SSSR count). The van der Waals surface area contributed by atoms with Gasteiger partial charge >= 0.3 is 11.9 Å². The van der Waals surface area contributed by atoms with Crippen molar-refractivity contribution in [3.05, 3.63) is 88.3 Å². The van der Waals surface area contributed by atoms with Crippen LogP contribution < -0.4 is 0 Å². The molecule has 0 saturated carbocycles. The number of halogens is 1. The highest BCUT2D eigenvalue weighted by molar-refractivity contribution is 7.12. The number of aromatic nitrogens is 3. The maximum atomic E-state index is 14.4. The van der Waals surface area contributed by atoms with E-state index in [4.69, 9.17) is 4.74 Å². The number of nitrogens with zero attached hydrogens (tertiary/aromatic N) is 3. The van der Waals surface area contributed by atoms with Gasteiger partial charge in [0.05, 0.1) is 13.3 Å². The van der Waals surface area contributed by atoms with E-state index in [2.05, 4.69) is 9.84 Å². The van der Waals surface area contributed by atoms with Crippen LogP contribution in [0.2, 0.25) is 0 Å². The zero-order valence-corrected chi connectivity index (χ0v) is 17.5. The van der Waals surface area contributed by atoms with Crippen molar-refractivity contribution >= 4 is 29.1 Å². The monoisotopic (exact) mass is 453 g/mol. The normalized spacial score (nSPS) is 10.7. The number of carbonyl (C=O) groups excluding carboxylic acids is 3. The zero-order chi connectivity index (χ0) is 22.7. The topological polar surface area (TPSA) is 92.4 Å². The van der Waals surface area contributed by atoms with Crippen LogP contribution in [0.25, 0.3) is 11.5 Å². The Hall–Kier alpha value is -4.05. The van der Waals surface area contributed by atoms with E-state index in [1.807, 2.05) is 0 Å². The van der Waals surface area contributed by atoms with Gasteiger partial charge in [-0.25, -0.2) is 18.7 Å². The Morgan fingerprint density at radius 3 is 2.56 bits per heavy atom. The lowest BCUT2D eigenvalue weighted by Gasteiger charge is -2.11. The van der Waals surface area contributed by atoms with Gasteiger partial charge in [0.1, 0.15) is 21.9 Å². The number of thiophene rings is 1. The summed E-state index contributed by atoms with van der Waals surface area (Å²) in [6.07, 6.45) is 4.61. The fraction of sp³-hybridized carbons (Fsp3) is 0.0909. The molecule has 0 aliphatic carbocycles. The summed E-state index contributed by atoms with van der Waals surface area (Å²) in [5.74, 6) is -2.08. The molecule has 3 heterocycles. The lowest BCUT2D eigenvalue weighted by atomic mass is 10.2. The summed E-state index contributed by atoms with van der Waals surface area (Å²) in [6.45, 7) is -0.536. The number of hydrogen-bond acceptors (Lipinski definition) is 7. The smallest absolute Gasteiger partial charge is 0.348 e. The molecular weight excluding hydrogens is 437 g/mol. The van der Waals surface area contributed by atoms with Crippen LogP contribution in [0.4, 0.5) is 4.39 Å². The van der Waals surface area contributed by atoms with Gasteiger partial charge in [0.15, 0.2) is 12.4 Å². The SMILES string of the molecule is COC(=O)c1cc(C(=O)COC(=O)c2cnn(-c3ccccc3F)c2-n2cccc2)cs1. The number of ketones is 1. The average molecular weight is 453 g/mol. The number of hydrogen-bond donors (Lipinski definition) is 0. The van der Waals surface area contributed by atoms with E-state index in [1.165, 1.54) is 41.6 Å². The van der Waals surface area contributed by atoms with Crippen molar-refractivity contribution in [2.75, 3.05) is 13.7 Å². The number of para-hydroxylation sites is 1. The maximum Gasteiger partial charge on any atom is 0.348 e. The zero-order valence-electron chi connectivity index (χ0n) is 16.7. The Labute approximate surface area is 185 Å². The number of carbonyl (C=O) groups is 3. The number of rotatable bonds is 7. The van der Waals surface area contributed by atoms with E-state index in [-0.39, 0.29) is 27.5 Å². The first kappa shape index (κ1) is 21.2. The van der Waals surface area contributed by atoms with E-state index in [0.717, 1.165) is 11.3 Å². The summed E-state index contributed by atoms with van der Waals surface area (Å²) in [4.78, 5) is 37.0. The van der Waals surface area contributed by atoms with Gasteiger partial charge in [0.2, 0.25) is 5.78 Å². The molecule has 0 saturated heterocycles. The largest absolute Gasteiger partial charge is 0.465 e. The van der Waals surface area contributed by atoms with Crippen molar-refractivity contribution in [3.8, 4) is 11.5 Å². The third kappa shape index (κ3) is 4.08. The number of esters is 2. The highest BCUT2D eigenvalue weighted by Crippen LogP contribution is 2.23. The van der Waals surface area contributed by atoms with Crippen molar-refractivity contribution < 1.29 is 28.2 Å². The molecule has 0 unspecified atom stereocenters. The summed E-state index contributed by atoms with van der Waals surface area (Å²) < 4.78 is 27.1. The number of Topliss-reactive ketones (excluding diaryl/α,β-unsaturated/α-hetero) is 1. The third-order valence-electron chi connectivity index (χ3n) is 4.54.